The van der Waals surface area contributed by atoms with E-state index < -0.39 is 33.7 Å². The first kappa shape index (κ1) is 20.7. The first-order valence-corrected chi connectivity index (χ1v) is 9.16. The van der Waals surface area contributed by atoms with Crippen molar-refractivity contribution in [3.8, 4) is 5.75 Å². The van der Waals surface area contributed by atoms with Gasteiger partial charge in [-0.2, -0.15) is 17.9 Å². The summed E-state index contributed by atoms with van der Waals surface area (Å²) in [5, 5.41) is 2.36. The average Bonchev–Trinajstić information content (AvgIpc) is 2.61. The van der Waals surface area contributed by atoms with Gasteiger partial charge >= 0.3 is 6.18 Å². The van der Waals surface area contributed by atoms with E-state index in [1.165, 1.54) is 38.3 Å². The Labute approximate surface area is 154 Å². The van der Waals surface area contributed by atoms with Crippen molar-refractivity contribution in [2.45, 2.75) is 24.0 Å². The number of halogens is 3. The highest BCUT2D eigenvalue weighted by atomic mass is 32.2. The van der Waals surface area contributed by atoms with E-state index >= 15 is 0 Å². The highest BCUT2D eigenvalue weighted by Gasteiger charge is 2.30. The van der Waals surface area contributed by atoms with E-state index in [4.69, 9.17) is 4.74 Å². The second kappa shape index (κ2) is 7.97. The Morgan fingerprint density at radius 3 is 2.07 bits per heavy atom. The van der Waals surface area contributed by atoms with Crippen molar-refractivity contribution < 1.29 is 31.1 Å². The highest BCUT2D eigenvalue weighted by Crippen LogP contribution is 2.29. The van der Waals surface area contributed by atoms with Gasteiger partial charge in [0, 0.05) is 5.69 Å². The SMILES string of the molecule is COc1ccc(S(=O)(=O)N[C@H](C)C(=O)Nc2ccc(C(F)(F)F)cc2)cc1. The van der Waals surface area contributed by atoms with Gasteiger partial charge in [-0.3, -0.25) is 4.79 Å². The van der Waals surface area contributed by atoms with Crippen LogP contribution in [-0.4, -0.2) is 27.5 Å². The summed E-state index contributed by atoms with van der Waals surface area (Å²) >= 11 is 0. The van der Waals surface area contributed by atoms with Crippen LogP contribution < -0.4 is 14.8 Å². The Morgan fingerprint density at radius 1 is 1.04 bits per heavy atom. The van der Waals surface area contributed by atoms with E-state index in [-0.39, 0.29) is 10.6 Å². The zero-order valence-corrected chi connectivity index (χ0v) is 15.2. The predicted molar refractivity (Wildman–Crippen MR) is 92.9 cm³/mol. The molecule has 2 N–H and O–H groups in total. The lowest BCUT2D eigenvalue weighted by Crippen LogP contribution is -2.41. The summed E-state index contributed by atoms with van der Waals surface area (Å²) in [4.78, 5) is 12.1. The number of amides is 1. The number of hydrogen-bond acceptors (Lipinski definition) is 4. The fraction of sp³-hybridized carbons (Fsp3) is 0.235. The normalized spacial score (nSPS) is 13.1. The molecule has 0 aliphatic carbocycles. The Bertz CT molecular complexity index is 895. The van der Waals surface area contributed by atoms with E-state index in [0.29, 0.717) is 5.75 Å². The van der Waals surface area contributed by atoms with Gasteiger partial charge in [0.25, 0.3) is 0 Å². The molecule has 0 aromatic heterocycles. The maximum Gasteiger partial charge on any atom is 0.416 e. The van der Waals surface area contributed by atoms with Gasteiger partial charge in [0.2, 0.25) is 15.9 Å². The van der Waals surface area contributed by atoms with Crippen LogP contribution in [0.4, 0.5) is 18.9 Å². The van der Waals surface area contributed by atoms with Crippen LogP contribution in [0.2, 0.25) is 0 Å². The Hall–Kier alpha value is -2.59. The number of hydrogen-bond donors (Lipinski definition) is 2. The zero-order chi connectivity index (χ0) is 20.2. The average molecular weight is 402 g/mol. The molecule has 10 heteroatoms. The monoisotopic (exact) mass is 402 g/mol. The van der Waals surface area contributed by atoms with E-state index in [1.807, 2.05) is 0 Å². The number of nitrogens with one attached hydrogen (secondary N) is 2. The quantitative estimate of drug-likeness (QED) is 0.778. The van der Waals surface area contributed by atoms with Crippen LogP contribution >= 0.6 is 0 Å². The molecule has 1 atom stereocenters. The van der Waals surface area contributed by atoms with Crippen LogP contribution in [0.3, 0.4) is 0 Å². The molecule has 0 aliphatic rings. The number of benzene rings is 2. The molecule has 0 spiro atoms. The highest BCUT2D eigenvalue weighted by molar-refractivity contribution is 7.89. The summed E-state index contributed by atoms with van der Waals surface area (Å²) in [7, 11) is -2.52. The lowest BCUT2D eigenvalue weighted by atomic mass is 10.2. The first-order valence-electron chi connectivity index (χ1n) is 7.67. The summed E-state index contributed by atoms with van der Waals surface area (Å²) in [6, 6.07) is 8.23. The van der Waals surface area contributed by atoms with Crippen molar-refractivity contribution in [3.05, 3.63) is 54.1 Å². The number of alkyl halides is 3. The molecule has 2 aromatic rings. The molecule has 0 saturated heterocycles. The van der Waals surface area contributed by atoms with Crippen LogP contribution in [0.25, 0.3) is 0 Å². The molecule has 2 rings (SSSR count). The molecule has 0 radical (unpaired) electrons. The standard InChI is InChI=1S/C17H17F3N2O4S/c1-11(22-27(24,25)15-9-7-14(26-2)8-10-15)16(23)21-13-5-3-12(4-6-13)17(18,19)20/h3-11,22H,1-2H3,(H,21,23)/t11-/m1/s1. The van der Waals surface area contributed by atoms with Crippen LogP contribution in [0.1, 0.15) is 12.5 Å². The van der Waals surface area contributed by atoms with Gasteiger partial charge in [-0.15, -0.1) is 0 Å². The molecule has 0 saturated carbocycles. The number of methoxy groups -OCH3 is 1. The minimum Gasteiger partial charge on any atom is -0.497 e. The Kier molecular flexibility index (Phi) is 6.11. The van der Waals surface area contributed by atoms with Gasteiger partial charge in [-0.25, -0.2) is 8.42 Å². The molecule has 2 aromatic carbocycles. The Morgan fingerprint density at radius 2 is 1.59 bits per heavy atom. The molecule has 27 heavy (non-hydrogen) atoms. The number of anilines is 1. The summed E-state index contributed by atoms with van der Waals surface area (Å²) in [5.41, 5.74) is -0.739. The van der Waals surface area contributed by atoms with Gasteiger partial charge in [-0.1, -0.05) is 0 Å². The fourth-order valence-corrected chi connectivity index (χ4v) is 3.31. The van der Waals surface area contributed by atoms with Crippen LogP contribution in [0.15, 0.2) is 53.4 Å². The third-order valence-electron chi connectivity index (χ3n) is 3.57. The zero-order valence-electron chi connectivity index (χ0n) is 14.4. The van der Waals surface area contributed by atoms with Crippen molar-refractivity contribution in [1.82, 2.24) is 4.72 Å². The van der Waals surface area contributed by atoms with Crippen LogP contribution in [0.5, 0.6) is 5.75 Å². The van der Waals surface area contributed by atoms with Crippen molar-refractivity contribution >= 4 is 21.6 Å². The van der Waals surface area contributed by atoms with Crippen LogP contribution in [-0.2, 0) is 21.0 Å². The molecule has 0 fully saturated rings. The fourth-order valence-electron chi connectivity index (χ4n) is 2.10. The minimum absolute atomic E-state index is 0.0579. The number of carbonyl (C=O) groups is 1. The molecule has 0 aliphatic heterocycles. The first-order chi connectivity index (χ1) is 12.5. The van der Waals surface area contributed by atoms with Gasteiger partial charge in [-0.05, 0) is 55.5 Å². The van der Waals surface area contributed by atoms with Gasteiger partial charge in [0.05, 0.1) is 23.6 Å². The van der Waals surface area contributed by atoms with Gasteiger partial charge < -0.3 is 10.1 Å². The second-order valence-electron chi connectivity index (χ2n) is 5.58. The van der Waals surface area contributed by atoms with Crippen molar-refractivity contribution in [2.75, 3.05) is 12.4 Å². The lowest BCUT2D eigenvalue weighted by molar-refractivity contribution is -0.137. The van der Waals surface area contributed by atoms with Gasteiger partial charge in [0.15, 0.2) is 0 Å². The number of ether oxygens (including phenoxy) is 1. The third kappa shape index (κ3) is 5.44. The Balaban J connectivity index is 2.03. The molecule has 1 amide bonds. The van der Waals surface area contributed by atoms with Gasteiger partial charge in [0.1, 0.15) is 5.75 Å². The van der Waals surface area contributed by atoms with Crippen molar-refractivity contribution in [2.24, 2.45) is 0 Å². The van der Waals surface area contributed by atoms with E-state index in [1.54, 1.807) is 0 Å². The molecule has 6 nitrogen and oxygen atoms in total. The molecular formula is C17H17F3N2O4S. The topological polar surface area (TPSA) is 84.5 Å². The third-order valence-corrected chi connectivity index (χ3v) is 5.13. The number of rotatable bonds is 6. The smallest absolute Gasteiger partial charge is 0.416 e. The largest absolute Gasteiger partial charge is 0.497 e. The molecule has 146 valence electrons. The van der Waals surface area contributed by atoms with Crippen molar-refractivity contribution in [1.29, 1.82) is 0 Å². The number of carbonyl (C=O) groups excluding carboxylic acids is 1. The van der Waals surface area contributed by atoms with E-state index in [9.17, 15) is 26.4 Å². The molecule has 0 heterocycles. The van der Waals surface area contributed by atoms with E-state index in [0.717, 1.165) is 24.3 Å². The molecule has 0 bridgehead atoms. The summed E-state index contributed by atoms with van der Waals surface area (Å²) in [6.45, 7) is 1.32. The second-order valence-corrected chi connectivity index (χ2v) is 7.30. The summed E-state index contributed by atoms with van der Waals surface area (Å²) in [5.74, 6) is -0.242. The molecule has 0 unspecified atom stereocenters. The number of sulfonamides is 1. The lowest BCUT2D eigenvalue weighted by Gasteiger charge is -2.15. The molecular weight excluding hydrogens is 385 g/mol. The van der Waals surface area contributed by atoms with E-state index in [2.05, 4.69) is 10.0 Å². The minimum atomic E-state index is -4.48. The van der Waals surface area contributed by atoms with Crippen LogP contribution in [0, 0.1) is 0 Å². The van der Waals surface area contributed by atoms with Crippen molar-refractivity contribution in [3.63, 3.8) is 0 Å². The maximum atomic E-state index is 12.5. The maximum absolute atomic E-state index is 12.5. The summed E-state index contributed by atoms with van der Waals surface area (Å²) < 4.78 is 69.3. The predicted octanol–water partition coefficient (Wildman–Crippen LogP) is 3.02. The summed E-state index contributed by atoms with van der Waals surface area (Å²) in [6.07, 6.45) is -4.48.